The SMILES string of the molecule is COc1cc2c(cc1OC)C[NH+](CC(=O)NCc1ccccc1Cl)CC2. The maximum atomic E-state index is 12.3. The van der Waals surface area contributed by atoms with Gasteiger partial charge in [-0.05, 0) is 29.3 Å². The van der Waals surface area contributed by atoms with Crippen molar-refractivity contribution in [2.45, 2.75) is 19.5 Å². The van der Waals surface area contributed by atoms with E-state index in [4.69, 9.17) is 21.1 Å². The Kier molecular flexibility index (Phi) is 6.01. The highest BCUT2D eigenvalue weighted by molar-refractivity contribution is 6.31. The van der Waals surface area contributed by atoms with Crippen LogP contribution in [0.4, 0.5) is 0 Å². The number of rotatable bonds is 6. The molecular weight excluding hydrogens is 352 g/mol. The molecule has 2 aromatic rings. The molecule has 0 aliphatic carbocycles. The zero-order valence-corrected chi connectivity index (χ0v) is 15.9. The minimum atomic E-state index is 0.0313. The molecule has 1 aliphatic rings. The van der Waals surface area contributed by atoms with E-state index < -0.39 is 0 Å². The van der Waals surface area contributed by atoms with E-state index in [1.54, 1.807) is 14.2 Å². The molecule has 26 heavy (non-hydrogen) atoms. The summed E-state index contributed by atoms with van der Waals surface area (Å²) < 4.78 is 10.8. The number of nitrogens with one attached hydrogen (secondary N) is 2. The molecule has 1 amide bonds. The van der Waals surface area contributed by atoms with Gasteiger partial charge in [0.2, 0.25) is 0 Å². The van der Waals surface area contributed by atoms with E-state index in [0.717, 1.165) is 36.6 Å². The number of ether oxygens (including phenoxy) is 2. The lowest BCUT2D eigenvalue weighted by atomic mass is 9.99. The van der Waals surface area contributed by atoms with E-state index in [1.165, 1.54) is 16.0 Å². The molecule has 1 heterocycles. The van der Waals surface area contributed by atoms with Gasteiger partial charge in [0.15, 0.2) is 18.0 Å². The van der Waals surface area contributed by atoms with Gasteiger partial charge in [0.1, 0.15) is 6.54 Å². The number of quaternary nitrogens is 1. The third-order valence-electron chi connectivity index (χ3n) is 4.74. The molecule has 0 saturated carbocycles. The van der Waals surface area contributed by atoms with E-state index in [0.29, 0.717) is 18.1 Å². The van der Waals surface area contributed by atoms with Gasteiger partial charge in [-0.3, -0.25) is 4.79 Å². The zero-order valence-electron chi connectivity index (χ0n) is 15.1. The molecule has 0 saturated heterocycles. The van der Waals surface area contributed by atoms with Crippen molar-refractivity contribution in [1.82, 2.24) is 5.32 Å². The molecule has 0 radical (unpaired) electrons. The van der Waals surface area contributed by atoms with Crippen LogP contribution in [0.2, 0.25) is 5.02 Å². The molecule has 0 spiro atoms. The smallest absolute Gasteiger partial charge is 0.275 e. The molecule has 1 unspecified atom stereocenters. The summed E-state index contributed by atoms with van der Waals surface area (Å²) in [4.78, 5) is 13.5. The summed E-state index contributed by atoms with van der Waals surface area (Å²) in [6, 6.07) is 11.6. The largest absolute Gasteiger partial charge is 0.493 e. The standard InChI is InChI=1S/C20H23ClN2O3/c1-25-18-9-14-7-8-23(12-16(14)10-19(18)26-2)13-20(24)22-11-15-5-3-4-6-17(15)21/h3-6,9-10H,7-8,11-13H2,1-2H3,(H,22,24)/p+1. The first kappa shape index (κ1) is 18.5. The average molecular weight is 376 g/mol. The molecule has 1 aliphatic heterocycles. The van der Waals surface area contributed by atoms with E-state index in [9.17, 15) is 4.79 Å². The Labute approximate surface area is 158 Å². The number of carbonyl (C=O) groups is 1. The Hall–Kier alpha value is -2.24. The van der Waals surface area contributed by atoms with E-state index in [1.807, 2.05) is 36.4 Å². The number of benzene rings is 2. The third kappa shape index (κ3) is 4.29. The van der Waals surface area contributed by atoms with E-state index in [-0.39, 0.29) is 5.91 Å². The first-order valence-corrected chi connectivity index (χ1v) is 9.06. The fourth-order valence-electron chi connectivity index (χ4n) is 3.31. The van der Waals surface area contributed by atoms with Crippen molar-refractivity contribution < 1.29 is 19.2 Å². The first-order chi connectivity index (χ1) is 12.6. The van der Waals surface area contributed by atoms with Crippen LogP contribution in [-0.2, 0) is 24.3 Å². The fourth-order valence-corrected chi connectivity index (χ4v) is 3.51. The Morgan fingerprint density at radius 2 is 1.85 bits per heavy atom. The van der Waals surface area contributed by atoms with Crippen LogP contribution in [0.1, 0.15) is 16.7 Å². The molecule has 3 rings (SSSR count). The van der Waals surface area contributed by atoms with Gasteiger partial charge < -0.3 is 19.7 Å². The molecule has 0 bridgehead atoms. The number of hydrogen-bond acceptors (Lipinski definition) is 3. The Bertz CT molecular complexity index is 795. The molecule has 2 aromatic carbocycles. The fraction of sp³-hybridized carbons (Fsp3) is 0.350. The minimum absolute atomic E-state index is 0.0313. The van der Waals surface area contributed by atoms with Crippen molar-refractivity contribution >= 4 is 17.5 Å². The molecule has 0 aromatic heterocycles. The van der Waals surface area contributed by atoms with Gasteiger partial charge in [0.25, 0.3) is 5.91 Å². The van der Waals surface area contributed by atoms with Gasteiger partial charge in [-0.25, -0.2) is 0 Å². The Morgan fingerprint density at radius 3 is 2.54 bits per heavy atom. The normalized spacial score (nSPS) is 15.9. The predicted octanol–water partition coefficient (Wildman–Crippen LogP) is 1.61. The second-order valence-corrected chi connectivity index (χ2v) is 6.85. The molecular formula is C20H24ClN2O3+. The van der Waals surface area contributed by atoms with Gasteiger partial charge in [-0.15, -0.1) is 0 Å². The molecule has 1 atom stereocenters. The van der Waals surface area contributed by atoms with Gasteiger partial charge in [-0.1, -0.05) is 29.8 Å². The number of fused-ring (bicyclic) bond motifs is 1. The van der Waals surface area contributed by atoms with Crippen molar-refractivity contribution in [3.63, 3.8) is 0 Å². The molecule has 138 valence electrons. The zero-order chi connectivity index (χ0) is 18.5. The third-order valence-corrected chi connectivity index (χ3v) is 5.11. The van der Waals surface area contributed by atoms with Crippen molar-refractivity contribution in [3.8, 4) is 11.5 Å². The summed E-state index contributed by atoms with van der Waals surface area (Å²) in [5.41, 5.74) is 3.41. The summed E-state index contributed by atoms with van der Waals surface area (Å²) >= 11 is 6.13. The van der Waals surface area contributed by atoms with Crippen LogP contribution in [0.5, 0.6) is 11.5 Å². The summed E-state index contributed by atoms with van der Waals surface area (Å²) in [6.45, 7) is 2.61. The van der Waals surface area contributed by atoms with E-state index in [2.05, 4.69) is 5.32 Å². The summed E-state index contributed by atoms with van der Waals surface area (Å²) in [5, 5.41) is 3.64. The van der Waals surface area contributed by atoms with E-state index >= 15 is 0 Å². The highest BCUT2D eigenvalue weighted by atomic mass is 35.5. The molecule has 2 N–H and O–H groups in total. The van der Waals surface area contributed by atoms with Gasteiger partial charge >= 0.3 is 0 Å². The average Bonchev–Trinajstić information content (AvgIpc) is 2.66. The van der Waals surface area contributed by atoms with Crippen LogP contribution in [0.25, 0.3) is 0 Å². The second kappa shape index (κ2) is 8.43. The highest BCUT2D eigenvalue weighted by Crippen LogP contribution is 2.31. The van der Waals surface area contributed by atoms with Gasteiger partial charge in [-0.2, -0.15) is 0 Å². The summed E-state index contributed by atoms with van der Waals surface area (Å²) in [7, 11) is 3.29. The van der Waals surface area contributed by atoms with Crippen LogP contribution in [0.15, 0.2) is 36.4 Å². The Balaban J connectivity index is 1.58. The monoisotopic (exact) mass is 375 g/mol. The maximum Gasteiger partial charge on any atom is 0.275 e. The van der Waals surface area contributed by atoms with Crippen molar-refractivity contribution in [3.05, 3.63) is 58.1 Å². The predicted molar refractivity (Wildman–Crippen MR) is 101 cm³/mol. The number of amides is 1. The summed E-state index contributed by atoms with van der Waals surface area (Å²) in [6.07, 6.45) is 0.919. The van der Waals surface area contributed by atoms with Crippen molar-refractivity contribution in [2.24, 2.45) is 0 Å². The topological polar surface area (TPSA) is 52.0 Å². The summed E-state index contributed by atoms with van der Waals surface area (Å²) in [5.74, 6) is 1.52. The quantitative estimate of drug-likeness (QED) is 0.806. The second-order valence-electron chi connectivity index (χ2n) is 6.45. The van der Waals surface area contributed by atoms with Crippen LogP contribution in [0.3, 0.4) is 0 Å². The van der Waals surface area contributed by atoms with Crippen LogP contribution >= 0.6 is 11.6 Å². The van der Waals surface area contributed by atoms with Gasteiger partial charge in [0.05, 0.1) is 20.8 Å². The van der Waals surface area contributed by atoms with Crippen LogP contribution < -0.4 is 19.7 Å². The highest BCUT2D eigenvalue weighted by Gasteiger charge is 2.23. The van der Waals surface area contributed by atoms with Crippen LogP contribution in [0, 0.1) is 0 Å². The van der Waals surface area contributed by atoms with Crippen molar-refractivity contribution in [1.29, 1.82) is 0 Å². The molecule has 0 fully saturated rings. The van der Waals surface area contributed by atoms with Crippen molar-refractivity contribution in [2.75, 3.05) is 27.3 Å². The number of carbonyl (C=O) groups excluding carboxylic acids is 1. The molecule has 5 nitrogen and oxygen atoms in total. The number of halogens is 1. The maximum absolute atomic E-state index is 12.3. The number of hydrogen-bond donors (Lipinski definition) is 2. The minimum Gasteiger partial charge on any atom is -0.493 e. The first-order valence-electron chi connectivity index (χ1n) is 8.68. The lowest BCUT2D eigenvalue weighted by Gasteiger charge is -2.26. The Morgan fingerprint density at radius 1 is 1.15 bits per heavy atom. The number of methoxy groups -OCH3 is 2. The van der Waals surface area contributed by atoms with Gasteiger partial charge in [0, 0.05) is 23.6 Å². The van der Waals surface area contributed by atoms with Crippen LogP contribution in [-0.4, -0.2) is 33.2 Å². The lowest BCUT2D eigenvalue weighted by molar-refractivity contribution is -0.908. The lowest BCUT2D eigenvalue weighted by Crippen LogP contribution is -3.12. The molecule has 6 heteroatoms.